The van der Waals surface area contributed by atoms with Crippen LogP contribution in [-0.4, -0.2) is 17.4 Å². The first kappa shape index (κ1) is 18.5. The molecule has 0 aliphatic carbocycles. The van der Waals surface area contributed by atoms with Crippen LogP contribution in [0.2, 0.25) is 5.02 Å². The fraction of sp³-hybridized carbons (Fsp3) is 0.158. The zero-order valence-corrected chi connectivity index (χ0v) is 15.2. The number of hydrogen-bond acceptors (Lipinski definition) is 3. The number of benzene rings is 2. The second-order valence-electron chi connectivity index (χ2n) is 5.68. The number of rotatable bonds is 6. The first-order valence-electron chi connectivity index (χ1n) is 7.92. The maximum Gasteiger partial charge on any atom is 0.226 e. The van der Waals surface area contributed by atoms with Gasteiger partial charge in [0.15, 0.2) is 0 Å². The average Bonchev–Trinajstić information content (AvgIpc) is 3.02. The van der Waals surface area contributed by atoms with Crippen LogP contribution >= 0.6 is 22.9 Å². The van der Waals surface area contributed by atoms with E-state index in [1.54, 1.807) is 6.07 Å². The number of amides is 1. The van der Waals surface area contributed by atoms with Crippen molar-refractivity contribution < 1.29 is 13.6 Å². The highest BCUT2D eigenvalue weighted by Gasteiger charge is 2.11. The lowest BCUT2D eigenvalue weighted by Gasteiger charge is -2.05. The summed E-state index contributed by atoms with van der Waals surface area (Å²) in [6.45, 7) is 0.295. The fourth-order valence-electron chi connectivity index (χ4n) is 2.48. The Balaban J connectivity index is 1.53. The van der Waals surface area contributed by atoms with Gasteiger partial charge in [-0.2, -0.15) is 0 Å². The molecule has 1 heterocycles. The van der Waals surface area contributed by atoms with E-state index in [4.69, 9.17) is 11.6 Å². The number of carbonyl (C=O) groups excluding carboxylic acids is 1. The van der Waals surface area contributed by atoms with E-state index in [-0.39, 0.29) is 12.3 Å². The van der Waals surface area contributed by atoms with E-state index in [0.29, 0.717) is 29.2 Å². The molecule has 3 nitrogen and oxygen atoms in total. The molecule has 1 N–H and O–H groups in total. The molecule has 0 saturated heterocycles. The Labute approximate surface area is 158 Å². The fourth-order valence-corrected chi connectivity index (χ4v) is 3.61. The standard InChI is InChI=1S/C19H15ClF2N2OS/c20-17-4-2-1-3-16(17)19-24-15(11-26-19)10-18(25)23-6-5-12-7-13(21)9-14(22)8-12/h1-4,7-9,11H,5-6,10H2,(H,23,25). The molecule has 0 bridgehead atoms. The molecule has 26 heavy (non-hydrogen) atoms. The van der Waals surface area contributed by atoms with Crippen molar-refractivity contribution in [2.24, 2.45) is 0 Å². The van der Waals surface area contributed by atoms with E-state index >= 15 is 0 Å². The van der Waals surface area contributed by atoms with Gasteiger partial charge in [0, 0.05) is 23.6 Å². The minimum Gasteiger partial charge on any atom is -0.355 e. The van der Waals surface area contributed by atoms with Gasteiger partial charge in [0.2, 0.25) is 5.91 Å². The van der Waals surface area contributed by atoms with Gasteiger partial charge in [-0.05, 0) is 30.2 Å². The number of carbonyl (C=O) groups is 1. The highest BCUT2D eigenvalue weighted by molar-refractivity contribution is 7.13. The van der Waals surface area contributed by atoms with Crippen LogP contribution in [0.25, 0.3) is 10.6 Å². The monoisotopic (exact) mass is 392 g/mol. The third kappa shape index (κ3) is 4.86. The Morgan fingerprint density at radius 3 is 2.62 bits per heavy atom. The quantitative estimate of drug-likeness (QED) is 0.663. The molecule has 0 spiro atoms. The number of aromatic nitrogens is 1. The summed E-state index contributed by atoms with van der Waals surface area (Å²) in [5.74, 6) is -1.44. The summed E-state index contributed by atoms with van der Waals surface area (Å²) in [5, 5.41) is 5.92. The predicted molar refractivity (Wildman–Crippen MR) is 99.3 cm³/mol. The zero-order valence-electron chi connectivity index (χ0n) is 13.6. The molecule has 1 amide bonds. The maximum absolute atomic E-state index is 13.1. The summed E-state index contributed by atoms with van der Waals surface area (Å²) in [5.41, 5.74) is 1.98. The molecule has 0 unspecified atom stereocenters. The van der Waals surface area contributed by atoms with Gasteiger partial charge in [-0.3, -0.25) is 4.79 Å². The normalized spacial score (nSPS) is 10.7. The highest BCUT2D eigenvalue weighted by atomic mass is 35.5. The molecule has 3 aromatic rings. The van der Waals surface area contributed by atoms with E-state index < -0.39 is 11.6 Å². The van der Waals surface area contributed by atoms with Crippen LogP contribution in [0.5, 0.6) is 0 Å². The lowest BCUT2D eigenvalue weighted by Crippen LogP contribution is -2.27. The molecule has 0 saturated carbocycles. The van der Waals surface area contributed by atoms with Crippen molar-refractivity contribution in [3.63, 3.8) is 0 Å². The Kier molecular flexibility index (Phi) is 5.96. The summed E-state index contributed by atoms with van der Waals surface area (Å²) >= 11 is 7.58. The molecule has 134 valence electrons. The van der Waals surface area contributed by atoms with Gasteiger partial charge < -0.3 is 5.32 Å². The SMILES string of the molecule is O=C(Cc1csc(-c2ccccc2Cl)n1)NCCc1cc(F)cc(F)c1. The average molecular weight is 393 g/mol. The highest BCUT2D eigenvalue weighted by Crippen LogP contribution is 2.30. The van der Waals surface area contributed by atoms with Crippen molar-refractivity contribution in [2.75, 3.05) is 6.54 Å². The number of hydrogen-bond donors (Lipinski definition) is 1. The zero-order chi connectivity index (χ0) is 18.5. The Bertz CT molecular complexity index is 909. The van der Waals surface area contributed by atoms with Crippen molar-refractivity contribution in [2.45, 2.75) is 12.8 Å². The van der Waals surface area contributed by atoms with Gasteiger partial charge in [-0.1, -0.05) is 29.8 Å². The lowest BCUT2D eigenvalue weighted by atomic mass is 10.1. The van der Waals surface area contributed by atoms with Crippen LogP contribution in [0.4, 0.5) is 8.78 Å². The minimum atomic E-state index is -0.624. The summed E-state index contributed by atoms with van der Waals surface area (Å²) in [6.07, 6.45) is 0.487. The maximum atomic E-state index is 13.1. The molecule has 2 aromatic carbocycles. The molecule has 0 atom stereocenters. The van der Waals surface area contributed by atoms with Crippen LogP contribution in [0.3, 0.4) is 0 Å². The van der Waals surface area contributed by atoms with E-state index in [1.165, 1.54) is 23.5 Å². The Hall–Kier alpha value is -2.31. The smallest absolute Gasteiger partial charge is 0.226 e. The summed E-state index contributed by atoms with van der Waals surface area (Å²) in [6, 6.07) is 10.7. The van der Waals surface area contributed by atoms with Gasteiger partial charge >= 0.3 is 0 Å². The molecule has 1 aromatic heterocycles. The van der Waals surface area contributed by atoms with Crippen LogP contribution in [0.15, 0.2) is 47.8 Å². The molecule has 0 aliphatic heterocycles. The summed E-state index contributed by atoms with van der Waals surface area (Å²) in [7, 11) is 0. The van der Waals surface area contributed by atoms with Gasteiger partial charge in [0.1, 0.15) is 16.6 Å². The van der Waals surface area contributed by atoms with E-state index in [0.717, 1.165) is 16.6 Å². The van der Waals surface area contributed by atoms with E-state index in [9.17, 15) is 13.6 Å². The van der Waals surface area contributed by atoms with Crippen LogP contribution < -0.4 is 5.32 Å². The van der Waals surface area contributed by atoms with Gasteiger partial charge in [0.25, 0.3) is 0 Å². The number of thiazole rings is 1. The van der Waals surface area contributed by atoms with Crippen molar-refractivity contribution in [3.8, 4) is 10.6 Å². The summed E-state index contributed by atoms with van der Waals surface area (Å²) < 4.78 is 26.3. The molecule has 3 rings (SSSR count). The molecule has 0 fully saturated rings. The van der Waals surface area contributed by atoms with Gasteiger partial charge in [0.05, 0.1) is 17.1 Å². The molecular formula is C19H15ClF2N2OS. The first-order valence-corrected chi connectivity index (χ1v) is 9.18. The second-order valence-corrected chi connectivity index (χ2v) is 6.94. The third-order valence-corrected chi connectivity index (χ3v) is 4.91. The van der Waals surface area contributed by atoms with Crippen molar-refractivity contribution in [1.29, 1.82) is 0 Å². The van der Waals surface area contributed by atoms with E-state index in [2.05, 4.69) is 10.3 Å². The number of halogens is 3. The summed E-state index contributed by atoms with van der Waals surface area (Å²) in [4.78, 5) is 16.5. The third-order valence-electron chi connectivity index (χ3n) is 3.66. The topological polar surface area (TPSA) is 42.0 Å². The van der Waals surface area contributed by atoms with Crippen LogP contribution in [-0.2, 0) is 17.6 Å². The van der Waals surface area contributed by atoms with E-state index in [1.807, 2.05) is 23.6 Å². The largest absolute Gasteiger partial charge is 0.355 e. The van der Waals surface area contributed by atoms with Crippen LogP contribution in [0, 0.1) is 11.6 Å². The number of nitrogens with one attached hydrogen (secondary N) is 1. The van der Waals surface area contributed by atoms with Gasteiger partial charge in [-0.15, -0.1) is 11.3 Å². The molecule has 0 radical (unpaired) electrons. The van der Waals surface area contributed by atoms with Crippen molar-refractivity contribution in [1.82, 2.24) is 10.3 Å². The lowest BCUT2D eigenvalue weighted by molar-refractivity contribution is -0.120. The second kappa shape index (κ2) is 8.38. The molecule has 0 aliphatic rings. The van der Waals surface area contributed by atoms with Gasteiger partial charge in [-0.25, -0.2) is 13.8 Å². The van der Waals surface area contributed by atoms with Crippen LogP contribution in [0.1, 0.15) is 11.3 Å². The predicted octanol–water partition coefficient (Wildman–Crippen LogP) is 4.64. The Morgan fingerprint density at radius 1 is 1.15 bits per heavy atom. The molecular weight excluding hydrogens is 378 g/mol. The Morgan fingerprint density at radius 2 is 1.88 bits per heavy atom. The first-order chi connectivity index (χ1) is 12.5. The minimum absolute atomic E-state index is 0.137. The number of nitrogens with zero attached hydrogens (tertiary/aromatic N) is 1. The van der Waals surface area contributed by atoms with Crippen molar-refractivity contribution >= 4 is 28.8 Å². The molecule has 7 heteroatoms. The van der Waals surface area contributed by atoms with Crippen molar-refractivity contribution in [3.05, 3.63) is 75.8 Å².